The van der Waals surface area contributed by atoms with Crippen LogP contribution >= 0.6 is 22.6 Å². The molecule has 0 amide bonds. The van der Waals surface area contributed by atoms with Crippen LogP contribution in [0.4, 0.5) is 4.79 Å². The molecule has 0 unspecified atom stereocenters. The number of hydrogen-bond donors (Lipinski definition) is 0. The van der Waals surface area contributed by atoms with Crippen LogP contribution in [0, 0.1) is 15.0 Å². The second-order valence-corrected chi connectivity index (χ2v) is 18.0. The molecule has 0 saturated heterocycles. The highest BCUT2D eigenvalue weighted by atomic mass is 127. The highest BCUT2D eigenvalue weighted by Crippen LogP contribution is 2.41. The Hall–Kier alpha value is -1.00. The second-order valence-electron chi connectivity index (χ2n) is 11.3. The van der Waals surface area contributed by atoms with Crippen molar-refractivity contribution in [3.63, 3.8) is 0 Å². The molecule has 1 aromatic carbocycles. The van der Waals surface area contributed by atoms with E-state index in [1.54, 1.807) is 0 Å². The molecule has 3 nitrogen and oxygen atoms in total. The summed E-state index contributed by atoms with van der Waals surface area (Å²) in [5.74, 6) is 4.10. The zero-order valence-corrected chi connectivity index (χ0v) is 24.6. The van der Waals surface area contributed by atoms with E-state index in [2.05, 4.69) is 102 Å². The number of carbonyl (C=O) groups is 1. The molecule has 0 bridgehead atoms. The lowest BCUT2D eigenvalue weighted by Gasteiger charge is -2.38. The van der Waals surface area contributed by atoms with E-state index in [9.17, 15) is 4.79 Å². The number of halogens is 1. The molecule has 5 heteroatoms. The van der Waals surface area contributed by atoms with E-state index < -0.39 is 19.8 Å². The van der Waals surface area contributed by atoms with Crippen molar-refractivity contribution in [3.05, 3.63) is 26.8 Å². The molecule has 0 heterocycles. The van der Waals surface area contributed by atoms with Gasteiger partial charge in [0.15, 0.2) is 5.75 Å². The number of hydrogen-bond acceptors (Lipinski definition) is 3. The summed E-state index contributed by atoms with van der Waals surface area (Å²) >= 11 is 2.23. The zero-order valence-electron chi connectivity index (χ0n) is 21.5. The SMILES string of the molecule is CC(C)[Si](C#Cc1cc(I)c(OC(=O)OC(C)(C)C)c(C(C)(C)C)c1)(C(C)C)C(C)C. The van der Waals surface area contributed by atoms with Gasteiger partial charge in [0.2, 0.25) is 0 Å². The lowest BCUT2D eigenvalue weighted by molar-refractivity contribution is 0.0201. The molecule has 0 aliphatic rings. The third kappa shape index (κ3) is 7.25. The lowest BCUT2D eigenvalue weighted by atomic mass is 9.85. The summed E-state index contributed by atoms with van der Waals surface area (Å²) in [4.78, 5) is 12.4. The van der Waals surface area contributed by atoms with Gasteiger partial charge in [-0.15, -0.1) is 5.54 Å². The first kappa shape index (κ1) is 28.0. The maximum Gasteiger partial charge on any atom is 0.514 e. The average Bonchev–Trinajstić information content (AvgIpc) is 2.53. The van der Waals surface area contributed by atoms with Crippen molar-refractivity contribution in [1.29, 1.82) is 0 Å². The Bertz CT molecular complexity index is 825. The molecule has 0 spiro atoms. The van der Waals surface area contributed by atoms with Gasteiger partial charge < -0.3 is 9.47 Å². The fraction of sp³-hybridized carbons (Fsp3) is 0.654. The van der Waals surface area contributed by atoms with Crippen molar-refractivity contribution in [1.82, 2.24) is 0 Å². The molecule has 0 radical (unpaired) electrons. The van der Waals surface area contributed by atoms with E-state index in [1.807, 2.05) is 26.8 Å². The third-order valence-electron chi connectivity index (χ3n) is 5.72. The maximum absolute atomic E-state index is 12.4. The maximum atomic E-state index is 12.4. The summed E-state index contributed by atoms with van der Waals surface area (Å²) in [5.41, 5.74) is 6.66. The van der Waals surface area contributed by atoms with Gasteiger partial charge in [0.05, 0.1) is 3.57 Å². The molecule has 1 aromatic rings. The van der Waals surface area contributed by atoms with Crippen molar-refractivity contribution in [2.75, 3.05) is 0 Å². The van der Waals surface area contributed by atoms with E-state index in [0.29, 0.717) is 22.4 Å². The van der Waals surface area contributed by atoms with Crippen LogP contribution in [0.5, 0.6) is 5.75 Å². The monoisotopic (exact) mass is 556 g/mol. The number of benzene rings is 1. The molecule has 0 N–H and O–H groups in total. The van der Waals surface area contributed by atoms with Crippen molar-refractivity contribution >= 4 is 36.8 Å². The van der Waals surface area contributed by atoms with Crippen molar-refractivity contribution in [2.24, 2.45) is 0 Å². The first-order chi connectivity index (χ1) is 13.9. The van der Waals surface area contributed by atoms with Crippen LogP contribution < -0.4 is 4.74 Å². The number of carbonyl (C=O) groups excluding carboxylic acids is 1. The Labute approximate surface area is 205 Å². The van der Waals surface area contributed by atoms with Gasteiger partial charge in [0.25, 0.3) is 0 Å². The third-order valence-corrected chi connectivity index (χ3v) is 12.8. The molecule has 0 saturated carbocycles. The summed E-state index contributed by atoms with van der Waals surface area (Å²) in [7, 11) is -1.83. The summed E-state index contributed by atoms with van der Waals surface area (Å²) in [5, 5.41) is 0. The van der Waals surface area contributed by atoms with Crippen LogP contribution in [0.2, 0.25) is 16.6 Å². The largest absolute Gasteiger partial charge is 0.514 e. The molecule has 174 valence electrons. The van der Waals surface area contributed by atoms with Crippen molar-refractivity contribution in [2.45, 2.75) is 111 Å². The first-order valence-corrected chi connectivity index (χ1v) is 14.5. The Kier molecular flexibility index (Phi) is 9.30. The fourth-order valence-electron chi connectivity index (χ4n) is 4.29. The molecule has 0 aliphatic heterocycles. The van der Waals surface area contributed by atoms with Gasteiger partial charge >= 0.3 is 6.16 Å². The molecule has 1 rings (SSSR count). The first-order valence-electron chi connectivity index (χ1n) is 11.2. The van der Waals surface area contributed by atoms with Gasteiger partial charge in [-0.2, -0.15) is 0 Å². The van der Waals surface area contributed by atoms with Gasteiger partial charge in [0.1, 0.15) is 13.7 Å². The lowest BCUT2D eigenvalue weighted by Crippen LogP contribution is -2.43. The molecular weight excluding hydrogens is 515 g/mol. The van der Waals surface area contributed by atoms with E-state index in [0.717, 1.165) is 14.7 Å². The van der Waals surface area contributed by atoms with Crippen LogP contribution in [0.3, 0.4) is 0 Å². The van der Waals surface area contributed by atoms with E-state index in [-0.39, 0.29) is 5.41 Å². The quantitative estimate of drug-likeness (QED) is 0.123. The summed E-state index contributed by atoms with van der Waals surface area (Å²) in [6.45, 7) is 25.8. The zero-order chi connectivity index (χ0) is 24.4. The highest BCUT2D eigenvalue weighted by molar-refractivity contribution is 14.1. The second kappa shape index (κ2) is 10.3. The minimum Gasteiger partial charge on any atom is -0.428 e. The predicted molar refractivity (Wildman–Crippen MR) is 143 cm³/mol. The number of rotatable bonds is 4. The summed E-state index contributed by atoms with van der Waals surface area (Å²) in [6, 6.07) is 4.09. The van der Waals surface area contributed by atoms with Crippen LogP contribution in [0.15, 0.2) is 12.1 Å². The Morgan fingerprint density at radius 3 is 1.81 bits per heavy atom. The van der Waals surface area contributed by atoms with Crippen LogP contribution in [0.1, 0.15) is 94.2 Å². The molecule has 0 fully saturated rings. The van der Waals surface area contributed by atoms with E-state index in [4.69, 9.17) is 9.47 Å². The molecular formula is C26H41IO3Si. The number of ether oxygens (including phenoxy) is 2. The Morgan fingerprint density at radius 1 is 0.935 bits per heavy atom. The Balaban J connectivity index is 3.55. The average molecular weight is 557 g/mol. The summed E-state index contributed by atoms with van der Waals surface area (Å²) in [6.07, 6.45) is -0.680. The van der Waals surface area contributed by atoms with Gasteiger partial charge in [-0.3, -0.25) is 0 Å². The topological polar surface area (TPSA) is 35.5 Å². The van der Waals surface area contributed by atoms with E-state index >= 15 is 0 Å². The minimum atomic E-state index is -1.83. The van der Waals surface area contributed by atoms with Gasteiger partial charge in [-0.1, -0.05) is 68.2 Å². The molecule has 0 aliphatic carbocycles. The van der Waals surface area contributed by atoms with Crippen molar-refractivity contribution in [3.8, 4) is 17.2 Å². The summed E-state index contributed by atoms with van der Waals surface area (Å²) < 4.78 is 11.9. The van der Waals surface area contributed by atoms with Crippen LogP contribution in [-0.2, 0) is 10.2 Å². The fourth-order valence-corrected chi connectivity index (χ4v) is 10.3. The standard InChI is InChI=1S/C26H41IO3Si/c1-17(2)31(18(3)4,19(5)6)14-13-20-15-21(25(7,8)9)23(22(27)16-20)29-24(28)30-26(10,11)12/h15-19H,1-12H3. The van der Waals surface area contributed by atoms with Gasteiger partial charge in [-0.05, 0) is 77.5 Å². The highest BCUT2D eigenvalue weighted by Gasteiger charge is 2.41. The predicted octanol–water partition coefficient (Wildman–Crippen LogP) is 8.47. The minimum absolute atomic E-state index is 0.211. The smallest absolute Gasteiger partial charge is 0.428 e. The van der Waals surface area contributed by atoms with Gasteiger partial charge in [0, 0.05) is 11.1 Å². The molecule has 0 atom stereocenters. The molecule has 0 aromatic heterocycles. The van der Waals surface area contributed by atoms with Crippen molar-refractivity contribution < 1.29 is 14.3 Å². The van der Waals surface area contributed by atoms with Crippen LogP contribution in [0.25, 0.3) is 0 Å². The van der Waals surface area contributed by atoms with E-state index in [1.165, 1.54) is 0 Å². The molecule has 31 heavy (non-hydrogen) atoms. The normalized spacial score (nSPS) is 12.8. The van der Waals surface area contributed by atoms with Crippen LogP contribution in [-0.4, -0.2) is 19.8 Å². The van der Waals surface area contributed by atoms with Gasteiger partial charge in [-0.25, -0.2) is 4.79 Å². The Morgan fingerprint density at radius 2 is 1.42 bits per heavy atom.